The van der Waals surface area contributed by atoms with E-state index in [2.05, 4.69) is 0 Å². The molecule has 0 aliphatic rings. The molecule has 1 aromatic heterocycles. The van der Waals surface area contributed by atoms with Gasteiger partial charge < -0.3 is 18.3 Å². The van der Waals surface area contributed by atoms with E-state index in [1.807, 2.05) is 26.6 Å². The molecule has 1 rings (SSSR count). The summed E-state index contributed by atoms with van der Waals surface area (Å²) in [5.74, 6) is 0.0724. The summed E-state index contributed by atoms with van der Waals surface area (Å²) in [5.41, 5.74) is 0.237. The predicted octanol–water partition coefficient (Wildman–Crippen LogP) is 3.07. The van der Waals surface area contributed by atoms with E-state index < -0.39 is 14.3 Å². The van der Waals surface area contributed by atoms with Gasteiger partial charge in [-0.25, -0.2) is 4.79 Å². The van der Waals surface area contributed by atoms with Crippen LogP contribution < -0.4 is 9.16 Å². The normalized spacial score (nSPS) is 11.2. The fourth-order valence-electron chi connectivity index (χ4n) is 1.35. The Labute approximate surface area is 108 Å². The van der Waals surface area contributed by atoms with Crippen LogP contribution in [0.5, 0.6) is 11.7 Å². The molecule has 0 N–H and O–H groups in total. The minimum Gasteiger partial charge on any atom is -0.541 e. The highest BCUT2D eigenvalue weighted by Gasteiger charge is 2.28. The molecule has 18 heavy (non-hydrogen) atoms. The maximum atomic E-state index is 11.9. The zero-order valence-electron chi connectivity index (χ0n) is 11.5. The van der Waals surface area contributed by atoms with Gasteiger partial charge in [0.2, 0.25) is 8.32 Å². The molecule has 0 unspecified atom stereocenters. The van der Waals surface area contributed by atoms with Gasteiger partial charge in [0.1, 0.15) is 6.26 Å². The molecule has 0 fully saturated rings. The SMILES string of the molecule is CCOC(=O)c1c(O[Si](C)(C)C)coc1OCC. The van der Waals surface area contributed by atoms with Crippen molar-refractivity contribution in [3.8, 4) is 11.7 Å². The smallest absolute Gasteiger partial charge is 0.349 e. The van der Waals surface area contributed by atoms with Gasteiger partial charge in [0.15, 0.2) is 11.3 Å². The van der Waals surface area contributed by atoms with Gasteiger partial charge in [0, 0.05) is 0 Å². The Morgan fingerprint density at radius 3 is 2.44 bits per heavy atom. The molecule has 0 aliphatic heterocycles. The number of hydrogen-bond donors (Lipinski definition) is 0. The second kappa shape index (κ2) is 5.95. The van der Waals surface area contributed by atoms with E-state index in [1.54, 1.807) is 6.92 Å². The van der Waals surface area contributed by atoms with E-state index in [1.165, 1.54) is 6.26 Å². The molecule has 0 spiro atoms. The Morgan fingerprint density at radius 2 is 1.94 bits per heavy atom. The van der Waals surface area contributed by atoms with Gasteiger partial charge in [-0.2, -0.15) is 0 Å². The van der Waals surface area contributed by atoms with Crippen molar-refractivity contribution in [2.75, 3.05) is 13.2 Å². The van der Waals surface area contributed by atoms with Gasteiger partial charge in [-0.15, -0.1) is 0 Å². The topological polar surface area (TPSA) is 57.9 Å². The molecule has 5 nitrogen and oxygen atoms in total. The summed E-state index contributed by atoms with van der Waals surface area (Å²) >= 11 is 0. The third-order valence-corrected chi connectivity index (χ3v) is 2.73. The molecule has 0 radical (unpaired) electrons. The van der Waals surface area contributed by atoms with Crippen molar-refractivity contribution in [3.05, 3.63) is 11.8 Å². The van der Waals surface area contributed by atoms with Crippen molar-refractivity contribution in [2.45, 2.75) is 33.5 Å². The van der Waals surface area contributed by atoms with Crippen LogP contribution in [0.2, 0.25) is 19.6 Å². The Bertz CT molecular complexity index is 405. The number of ether oxygens (including phenoxy) is 2. The van der Waals surface area contributed by atoms with Crippen LogP contribution in [-0.4, -0.2) is 27.5 Å². The zero-order valence-corrected chi connectivity index (χ0v) is 12.5. The first-order valence-corrected chi connectivity index (χ1v) is 9.40. The Balaban J connectivity index is 3.06. The highest BCUT2D eigenvalue weighted by molar-refractivity contribution is 6.70. The third kappa shape index (κ3) is 3.80. The number of furan rings is 1. The minimum absolute atomic E-state index is 0.157. The number of hydrogen-bond acceptors (Lipinski definition) is 5. The van der Waals surface area contributed by atoms with Crippen LogP contribution in [0.3, 0.4) is 0 Å². The maximum absolute atomic E-state index is 11.9. The molecule has 0 aliphatic carbocycles. The van der Waals surface area contributed by atoms with E-state index in [4.69, 9.17) is 18.3 Å². The van der Waals surface area contributed by atoms with E-state index in [0.717, 1.165) is 0 Å². The summed E-state index contributed by atoms with van der Waals surface area (Å²) in [7, 11) is -1.83. The highest BCUT2D eigenvalue weighted by Crippen LogP contribution is 2.33. The molecule has 6 heteroatoms. The van der Waals surface area contributed by atoms with Crippen LogP contribution in [0.4, 0.5) is 0 Å². The molecule has 0 atom stereocenters. The van der Waals surface area contributed by atoms with Crippen molar-refractivity contribution in [2.24, 2.45) is 0 Å². The molecule has 0 bridgehead atoms. The molecule has 1 aromatic rings. The third-order valence-electron chi connectivity index (χ3n) is 1.89. The van der Waals surface area contributed by atoms with Gasteiger partial charge in [0.05, 0.1) is 13.2 Å². The molecule has 1 heterocycles. The van der Waals surface area contributed by atoms with Crippen molar-refractivity contribution >= 4 is 14.3 Å². The molecule has 0 aromatic carbocycles. The number of carbonyl (C=O) groups is 1. The van der Waals surface area contributed by atoms with Crippen molar-refractivity contribution in [3.63, 3.8) is 0 Å². The lowest BCUT2D eigenvalue weighted by Crippen LogP contribution is -2.29. The molecular weight excluding hydrogens is 252 g/mol. The molecular formula is C12H20O5Si. The summed E-state index contributed by atoms with van der Waals surface area (Å²) in [6, 6.07) is 0. The molecule has 0 saturated carbocycles. The highest BCUT2D eigenvalue weighted by atomic mass is 28.4. The first-order chi connectivity index (χ1) is 8.39. The van der Waals surface area contributed by atoms with E-state index in [0.29, 0.717) is 19.0 Å². The lowest BCUT2D eigenvalue weighted by molar-refractivity contribution is 0.0517. The summed E-state index contributed by atoms with van der Waals surface area (Å²) in [4.78, 5) is 11.9. The van der Waals surface area contributed by atoms with Gasteiger partial charge >= 0.3 is 11.9 Å². The van der Waals surface area contributed by atoms with Crippen LogP contribution in [0, 0.1) is 0 Å². The summed E-state index contributed by atoms with van der Waals surface area (Å²) < 4.78 is 21.3. The fourth-order valence-corrected chi connectivity index (χ4v) is 2.16. The standard InChI is InChI=1S/C12H20O5Si/c1-6-14-11(13)10-9(17-18(3,4)5)8-16-12(10)15-7-2/h8H,6-7H2,1-5H3. The van der Waals surface area contributed by atoms with Crippen molar-refractivity contribution in [1.82, 2.24) is 0 Å². The van der Waals surface area contributed by atoms with E-state index in [9.17, 15) is 4.79 Å². The summed E-state index contributed by atoms with van der Waals surface area (Å²) in [6.45, 7) is 10.3. The van der Waals surface area contributed by atoms with Gasteiger partial charge in [0.25, 0.3) is 0 Å². The lowest BCUT2D eigenvalue weighted by atomic mass is 10.3. The molecule has 102 valence electrons. The quantitative estimate of drug-likeness (QED) is 0.588. The van der Waals surface area contributed by atoms with E-state index >= 15 is 0 Å². The number of carbonyl (C=O) groups excluding carboxylic acids is 1. The van der Waals surface area contributed by atoms with Gasteiger partial charge in [-0.05, 0) is 33.5 Å². The van der Waals surface area contributed by atoms with Crippen molar-refractivity contribution in [1.29, 1.82) is 0 Å². The number of esters is 1. The lowest BCUT2D eigenvalue weighted by Gasteiger charge is -2.18. The van der Waals surface area contributed by atoms with Gasteiger partial charge in [-0.3, -0.25) is 0 Å². The molecule has 0 saturated heterocycles. The van der Waals surface area contributed by atoms with Crippen LogP contribution in [0.15, 0.2) is 10.7 Å². The maximum Gasteiger partial charge on any atom is 0.349 e. The first kappa shape index (κ1) is 14.6. The Kier molecular flexibility index (Phi) is 4.83. The second-order valence-electron chi connectivity index (χ2n) is 4.63. The fraction of sp³-hybridized carbons (Fsp3) is 0.583. The minimum atomic E-state index is -1.83. The largest absolute Gasteiger partial charge is 0.541 e. The van der Waals surface area contributed by atoms with Crippen LogP contribution >= 0.6 is 0 Å². The van der Waals surface area contributed by atoms with Crippen molar-refractivity contribution < 1.29 is 23.1 Å². The first-order valence-electron chi connectivity index (χ1n) is 5.99. The second-order valence-corrected chi connectivity index (χ2v) is 9.06. The Hall–Kier alpha value is -1.43. The van der Waals surface area contributed by atoms with Gasteiger partial charge in [-0.1, -0.05) is 0 Å². The monoisotopic (exact) mass is 272 g/mol. The Morgan fingerprint density at radius 1 is 1.28 bits per heavy atom. The zero-order chi connectivity index (χ0) is 13.8. The van der Waals surface area contributed by atoms with Crippen LogP contribution in [0.1, 0.15) is 24.2 Å². The predicted molar refractivity (Wildman–Crippen MR) is 69.8 cm³/mol. The average molecular weight is 272 g/mol. The van der Waals surface area contributed by atoms with Crippen LogP contribution in [0.25, 0.3) is 0 Å². The molecule has 0 amide bonds. The van der Waals surface area contributed by atoms with Crippen LogP contribution in [-0.2, 0) is 4.74 Å². The average Bonchev–Trinajstić information content (AvgIpc) is 2.59. The summed E-state index contributed by atoms with van der Waals surface area (Å²) in [5, 5.41) is 0. The van der Waals surface area contributed by atoms with E-state index in [-0.39, 0.29) is 11.5 Å². The number of rotatable bonds is 6. The summed E-state index contributed by atoms with van der Waals surface area (Å²) in [6.07, 6.45) is 1.40.